The number of hydrogen-bond acceptors (Lipinski definition) is 5. The predicted octanol–water partition coefficient (Wildman–Crippen LogP) is 2.35. The summed E-state index contributed by atoms with van der Waals surface area (Å²) >= 11 is 0. The molecule has 1 fully saturated rings. The number of anilines is 1. The molecule has 1 aliphatic carbocycles. The van der Waals surface area contributed by atoms with E-state index in [1.807, 2.05) is 11.0 Å². The zero-order valence-electron chi connectivity index (χ0n) is 10.2. The molecule has 1 saturated carbocycles. The molecular weight excluding hydrogens is 244 g/mol. The fraction of sp³-hybridized carbons (Fsp3) is 0.385. The molecule has 6 nitrogen and oxygen atoms in total. The van der Waals surface area contributed by atoms with Crippen LogP contribution >= 0.6 is 0 Å². The van der Waals surface area contributed by atoms with Gasteiger partial charge in [0.15, 0.2) is 0 Å². The number of rotatable bonds is 5. The van der Waals surface area contributed by atoms with Crippen molar-refractivity contribution in [2.75, 3.05) is 11.4 Å². The minimum absolute atomic E-state index is 0.0600. The summed E-state index contributed by atoms with van der Waals surface area (Å²) in [5.41, 5.74) is 0.593. The summed E-state index contributed by atoms with van der Waals surface area (Å²) in [6, 6.07) is 8.87. The molecule has 0 bridgehead atoms. The maximum Gasteiger partial charge on any atom is 0.289 e. The molecule has 0 aromatic heterocycles. The van der Waals surface area contributed by atoms with Crippen molar-refractivity contribution in [1.29, 1.82) is 10.5 Å². The third kappa shape index (κ3) is 2.80. The Hall–Kier alpha value is -2.60. The van der Waals surface area contributed by atoms with Crippen LogP contribution in [0.5, 0.6) is 0 Å². The molecule has 1 aliphatic rings. The zero-order chi connectivity index (χ0) is 13.8. The van der Waals surface area contributed by atoms with Crippen molar-refractivity contribution >= 4 is 11.4 Å². The average Bonchev–Trinajstić information content (AvgIpc) is 3.23. The molecule has 0 unspecified atom stereocenters. The Bertz CT molecular complexity index is 581. The molecular formula is C13H12N4O2. The fourth-order valence-electron chi connectivity index (χ4n) is 2.02. The van der Waals surface area contributed by atoms with E-state index in [0.29, 0.717) is 24.7 Å². The summed E-state index contributed by atoms with van der Waals surface area (Å²) in [6.07, 6.45) is 2.46. The van der Waals surface area contributed by atoms with Gasteiger partial charge in [0.1, 0.15) is 11.6 Å². The molecule has 1 aromatic carbocycles. The van der Waals surface area contributed by atoms with Crippen molar-refractivity contribution in [3.63, 3.8) is 0 Å². The number of hydrogen-bond donors (Lipinski definition) is 0. The van der Waals surface area contributed by atoms with Crippen LogP contribution in [-0.4, -0.2) is 17.5 Å². The van der Waals surface area contributed by atoms with Crippen molar-refractivity contribution in [3.05, 3.63) is 33.9 Å². The Kier molecular flexibility index (Phi) is 3.63. The molecule has 0 aliphatic heterocycles. The highest BCUT2D eigenvalue weighted by Gasteiger charge is 2.30. The summed E-state index contributed by atoms with van der Waals surface area (Å²) < 4.78 is 0. The van der Waals surface area contributed by atoms with Gasteiger partial charge in [0, 0.05) is 24.3 Å². The van der Waals surface area contributed by atoms with Gasteiger partial charge in [0.05, 0.1) is 17.4 Å². The third-order valence-corrected chi connectivity index (χ3v) is 3.08. The van der Waals surface area contributed by atoms with Gasteiger partial charge in [-0.25, -0.2) is 0 Å². The van der Waals surface area contributed by atoms with E-state index < -0.39 is 4.92 Å². The summed E-state index contributed by atoms with van der Waals surface area (Å²) in [5, 5.41) is 28.4. The summed E-state index contributed by atoms with van der Waals surface area (Å²) in [5.74, 6) is 0. The average molecular weight is 256 g/mol. The van der Waals surface area contributed by atoms with E-state index in [9.17, 15) is 10.1 Å². The molecule has 0 amide bonds. The second-order valence-corrected chi connectivity index (χ2v) is 4.40. The highest BCUT2D eigenvalue weighted by atomic mass is 16.6. The van der Waals surface area contributed by atoms with Gasteiger partial charge < -0.3 is 4.90 Å². The number of nitrogens with zero attached hydrogens (tertiary/aromatic N) is 4. The van der Waals surface area contributed by atoms with E-state index in [1.54, 1.807) is 6.07 Å². The van der Waals surface area contributed by atoms with Crippen LogP contribution in [0.3, 0.4) is 0 Å². The summed E-state index contributed by atoms with van der Waals surface area (Å²) in [6.45, 7) is 0.560. The molecule has 0 N–H and O–H groups in total. The van der Waals surface area contributed by atoms with Gasteiger partial charge in [0.25, 0.3) is 5.69 Å². The van der Waals surface area contributed by atoms with Crippen LogP contribution in [0, 0.1) is 32.8 Å². The zero-order valence-corrected chi connectivity index (χ0v) is 10.2. The largest absolute Gasteiger partial charge is 0.367 e. The number of nitro groups is 1. The molecule has 96 valence electrons. The molecule has 0 saturated heterocycles. The van der Waals surface area contributed by atoms with Gasteiger partial charge in [-0.15, -0.1) is 0 Å². The van der Waals surface area contributed by atoms with Gasteiger partial charge in [-0.1, -0.05) is 0 Å². The first-order valence-electron chi connectivity index (χ1n) is 5.99. The van der Waals surface area contributed by atoms with Crippen molar-refractivity contribution in [2.45, 2.75) is 25.3 Å². The van der Waals surface area contributed by atoms with Crippen molar-refractivity contribution in [2.24, 2.45) is 0 Å². The second-order valence-electron chi connectivity index (χ2n) is 4.40. The Morgan fingerprint density at radius 1 is 1.42 bits per heavy atom. The number of nitriles is 2. The predicted molar refractivity (Wildman–Crippen MR) is 68.4 cm³/mol. The van der Waals surface area contributed by atoms with E-state index in [1.165, 1.54) is 12.1 Å². The quantitative estimate of drug-likeness (QED) is 0.595. The summed E-state index contributed by atoms with van der Waals surface area (Å²) in [7, 11) is 0. The summed E-state index contributed by atoms with van der Waals surface area (Å²) in [4.78, 5) is 12.4. The first-order valence-corrected chi connectivity index (χ1v) is 5.99. The molecule has 0 heterocycles. The van der Waals surface area contributed by atoms with Crippen LogP contribution in [-0.2, 0) is 0 Å². The van der Waals surface area contributed by atoms with E-state index in [-0.39, 0.29) is 11.3 Å². The van der Waals surface area contributed by atoms with Gasteiger partial charge in [0.2, 0.25) is 0 Å². The van der Waals surface area contributed by atoms with Crippen molar-refractivity contribution in [3.8, 4) is 12.1 Å². The lowest BCUT2D eigenvalue weighted by Crippen LogP contribution is -2.26. The maximum atomic E-state index is 10.9. The maximum absolute atomic E-state index is 10.9. The highest BCUT2D eigenvalue weighted by Crippen LogP contribution is 2.34. The van der Waals surface area contributed by atoms with Crippen molar-refractivity contribution < 1.29 is 4.92 Å². The molecule has 2 rings (SSSR count). The van der Waals surface area contributed by atoms with Crippen LogP contribution in [0.2, 0.25) is 0 Å². The van der Waals surface area contributed by atoms with Crippen LogP contribution in [0.4, 0.5) is 11.4 Å². The van der Waals surface area contributed by atoms with Crippen LogP contribution in [0.25, 0.3) is 0 Å². The Balaban J connectivity index is 2.33. The molecule has 0 spiro atoms. The normalized spacial score (nSPS) is 13.4. The monoisotopic (exact) mass is 256 g/mol. The van der Waals surface area contributed by atoms with Crippen LogP contribution < -0.4 is 4.90 Å². The van der Waals surface area contributed by atoms with Gasteiger partial charge >= 0.3 is 0 Å². The molecule has 19 heavy (non-hydrogen) atoms. The Labute approximate surface area is 110 Å². The number of benzene rings is 1. The van der Waals surface area contributed by atoms with E-state index in [4.69, 9.17) is 10.5 Å². The lowest BCUT2D eigenvalue weighted by molar-refractivity contribution is -0.385. The minimum Gasteiger partial charge on any atom is -0.367 e. The molecule has 0 radical (unpaired) electrons. The van der Waals surface area contributed by atoms with Gasteiger partial charge in [-0.2, -0.15) is 10.5 Å². The molecule has 6 heteroatoms. The fourth-order valence-corrected chi connectivity index (χ4v) is 2.02. The van der Waals surface area contributed by atoms with E-state index >= 15 is 0 Å². The SMILES string of the molecule is N#CCCN(c1ccc(C#N)c([N+](=O)[O-])c1)C1CC1. The van der Waals surface area contributed by atoms with Crippen molar-refractivity contribution in [1.82, 2.24) is 0 Å². The van der Waals surface area contributed by atoms with Gasteiger partial charge in [-0.05, 0) is 25.0 Å². The van der Waals surface area contributed by atoms with Crippen LogP contribution in [0.15, 0.2) is 18.2 Å². The third-order valence-electron chi connectivity index (χ3n) is 3.08. The Morgan fingerprint density at radius 2 is 2.16 bits per heavy atom. The standard InChI is InChI=1S/C13H12N4O2/c14-6-1-7-16(11-4-5-11)12-3-2-10(9-15)13(8-12)17(18)19/h2-3,8,11H,1,4-5,7H2. The minimum atomic E-state index is -0.544. The second kappa shape index (κ2) is 5.36. The smallest absolute Gasteiger partial charge is 0.289 e. The first-order chi connectivity index (χ1) is 9.17. The van der Waals surface area contributed by atoms with E-state index in [2.05, 4.69) is 6.07 Å². The lowest BCUT2D eigenvalue weighted by atomic mass is 10.1. The van der Waals surface area contributed by atoms with Crippen LogP contribution in [0.1, 0.15) is 24.8 Å². The molecule has 0 atom stereocenters. The Morgan fingerprint density at radius 3 is 2.68 bits per heavy atom. The topological polar surface area (TPSA) is 94.0 Å². The van der Waals surface area contributed by atoms with E-state index in [0.717, 1.165) is 12.8 Å². The highest BCUT2D eigenvalue weighted by molar-refractivity contribution is 5.61. The van der Waals surface area contributed by atoms with Gasteiger partial charge in [-0.3, -0.25) is 10.1 Å². The lowest BCUT2D eigenvalue weighted by Gasteiger charge is -2.23. The molecule has 1 aromatic rings. The first kappa shape index (κ1) is 12.8. The number of nitro benzene ring substituents is 1.